The van der Waals surface area contributed by atoms with Crippen molar-refractivity contribution in [2.75, 3.05) is 17.3 Å². The lowest BCUT2D eigenvalue weighted by molar-refractivity contribution is -0.118. The van der Waals surface area contributed by atoms with Crippen molar-refractivity contribution in [3.8, 4) is 0 Å². The van der Waals surface area contributed by atoms with E-state index in [0.717, 1.165) is 21.6 Å². The van der Waals surface area contributed by atoms with Crippen molar-refractivity contribution < 1.29 is 4.79 Å². The third kappa shape index (κ3) is 2.83. The van der Waals surface area contributed by atoms with Crippen LogP contribution in [-0.4, -0.2) is 34.4 Å². The van der Waals surface area contributed by atoms with Crippen molar-refractivity contribution in [2.45, 2.75) is 35.9 Å². The molecule has 0 bridgehead atoms. The summed E-state index contributed by atoms with van der Waals surface area (Å²) >= 11 is 2.93. The molecule has 1 aromatic carbocycles. The van der Waals surface area contributed by atoms with Crippen LogP contribution in [0, 0.1) is 0 Å². The number of para-hydroxylation sites is 1. The number of benzene rings is 1. The topological polar surface area (TPSA) is 58.1 Å². The smallest absolute Gasteiger partial charge is 0.240 e. The van der Waals surface area contributed by atoms with Crippen LogP contribution in [0.2, 0.25) is 0 Å². The van der Waals surface area contributed by atoms with Gasteiger partial charge in [0, 0.05) is 18.8 Å². The number of carbonyl (C=O) groups excluding carboxylic acids is 1. The molecule has 0 radical (unpaired) electrons. The molecule has 2 aromatic rings. The molecule has 0 spiro atoms. The number of nitrogens with zero attached hydrogens (tertiary/aromatic N) is 3. The van der Waals surface area contributed by atoms with Gasteiger partial charge in [0.2, 0.25) is 11.0 Å². The summed E-state index contributed by atoms with van der Waals surface area (Å²) < 4.78 is 0.810. The van der Waals surface area contributed by atoms with E-state index in [1.807, 2.05) is 37.1 Å². The molecular weight excluding hydrogens is 316 g/mol. The molecule has 7 heteroatoms. The van der Waals surface area contributed by atoms with Gasteiger partial charge >= 0.3 is 0 Å². The van der Waals surface area contributed by atoms with E-state index in [1.54, 1.807) is 0 Å². The van der Waals surface area contributed by atoms with Crippen molar-refractivity contribution in [3.63, 3.8) is 0 Å². The van der Waals surface area contributed by atoms with Crippen molar-refractivity contribution >= 4 is 39.8 Å². The fourth-order valence-electron chi connectivity index (χ4n) is 2.66. The number of hydrogen-bond acceptors (Lipinski definition) is 6. The summed E-state index contributed by atoms with van der Waals surface area (Å²) in [7, 11) is 1.81. The van der Waals surface area contributed by atoms with E-state index in [2.05, 4.69) is 28.5 Å². The predicted octanol–water partition coefficient (Wildman–Crippen LogP) is 3.04. The maximum atomic E-state index is 12.8. The Morgan fingerprint density at radius 3 is 2.95 bits per heavy atom. The van der Waals surface area contributed by atoms with Crippen LogP contribution in [0.1, 0.15) is 19.4 Å². The highest BCUT2D eigenvalue weighted by atomic mass is 32.2. The van der Waals surface area contributed by atoms with Gasteiger partial charge in [0.25, 0.3) is 0 Å². The van der Waals surface area contributed by atoms with Crippen LogP contribution in [0.5, 0.6) is 0 Å². The van der Waals surface area contributed by atoms with E-state index in [1.165, 1.54) is 28.7 Å². The van der Waals surface area contributed by atoms with Crippen LogP contribution < -0.4 is 10.2 Å². The van der Waals surface area contributed by atoms with Gasteiger partial charge in [-0.05, 0) is 31.9 Å². The van der Waals surface area contributed by atoms with Gasteiger partial charge in [-0.2, -0.15) is 0 Å². The Bertz CT molecular complexity index is 688. The van der Waals surface area contributed by atoms with Gasteiger partial charge < -0.3 is 10.2 Å². The van der Waals surface area contributed by atoms with Crippen molar-refractivity contribution in [2.24, 2.45) is 0 Å². The summed E-state index contributed by atoms with van der Waals surface area (Å²) in [5, 5.41) is 11.6. The summed E-state index contributed by atoms with van der Waals surface area (Å²) in [6, 6.07) is 8.34. The molecule has 5 nitrogen and oxygen atoms in total. The normalized spacial score (nSPS) is 18.1. The standard InChI is InChI=1S/C15H18N4OS2/c1-9-8-11-6-4-5-7-12(11)19(9)13(20)10(2)21-15-18-17-14(16-3)22-15/h4-7,9-10H,8H2,1-3H3,(H,16,17)/t9-,10-/m0/s1. The number of nitrogens with one attached hydrogen (secondary N) is 1. The van der Waals surface area contributed by atoms with Gasteiger partial charge in [-0.1, -0.05) is 41.3 Å². The SMILES string of the molecule is CNc1nnc(S[C@@H](C)C(=O)N2c3ccccc3C[C@@H]2C)s1. The first-order valence-electron chi connectivity index (χ1n) is 7.19. The fraction of sp³-hybridized carbons (Fsp3) is 0.400. The van der Waals surface area contributed by atoms with Crippen LogP contribution in [0.3, 0.4) is 0 Å². The molecular formula is C15H18N4OS2. The quantitative estimate of drug-likeness (QED) is 0.871. The van der Waals surface area contributed by atoms with Gasteiger partial charge in [-0.15, -0.1) is 10.2 Å². The number of rotatable bonds is 4. The van der Waals surface area contributed by atoms with Crippen LogP contribution in [0.25, 0.3) is 0 Å². The monoisotopic (exact) mass is 334 g/mol. The Kier molecular flexibility index (Phi) is 4.35. The fourth-order valence-corrected chi connectivity index (χ4v) is 4.56. The Morgan fingerprint density at radius 1 is 1.45 bits per heavy atom. The molecule has 2 heterocycles. The van der Waals surface area contributed by atoms with E-state index in [4.69, 9.17) is 0 Å². The van der Waals surface area contributed by atoms with Crippen molar-refractivity contribution in [1.82, 2.24) is 10.2 Å². The van der Waals surface area contributed by atoms with E-state index < -0.39 is 0 Å². The molecule has 0 aliphatic carbocycles. The Hall–Kier alpha value is -1.60. The van der Waals surface area contributed by atoms with E-state index in [0.29, 0.717) is 0 Å². The third-order valence-electron chi connectivity index (χ3n) is 3.69. The minimum Gasteiger partial charge on any atom is -0.363 e. The molecule has 0 unspecified atom stereocenters. The lowest BCUT2D eigenvalue weighted by Gasteiger charge is -2.25. The van der Waals surface area contributed by atoms with Crippen molar-refractivity contribution in [1.29, 1.82) is 0 Å². The molecule has 22 heavy (non-hydrogen) atoms. The number of anilines is 2. The molecule has 2 atom stereocenters. The molecule has 1 amide bonds. The van der Waals surface area contributed by atoms with Crippen molar-refractivity contribution in [3.05, 3.63) is 29.8 Å². The molecule has 0 saturated carbocycles. The lowest BCUT2D eigenvalue weighted by Crippen LogP contribution is -2.40. The van der Waals surface area contributed by atoms with Gasteiger partial charge in [-0.3, -0.25) is 4.79 Å². The highest BCUT2D eigenvalue weighted by molar-refractivity contribution is 8.02. The van der Waals surface area contributed by atoms with Gasteiger partial charge in [0.1, 0.15) is 0 Å². The Balaban J connectivity index is 1.75. The molecule has 1 aromatic heterocycles. The second-order valence-corrected chi connectivity index (χ2v) is 7.84. The average Bonchev–Trinajstić information content (AvgIpc) is 3.09. The Morgan fingerprint density at radius 2 is 2.23 bits per heavy atom. The molecule has 3 rings (SSSR count). The molecule has 1 aliphatic rings. The highest BCUT2D eigenvalue weighted by Gasteiger charge is 2.33. The summed E-state index contributed by atoms with van der Waals surface area (Å²) in [4.78, 5) is 14.8. The third-order valence-corrected chi connectivity index (χ3v) is 5.80. The average molecular weight is 334 g/mol. The van der Waals surface area contributed by atoms with E-state index >= 15 is 0 Å². The zero-order valence-electron chi connectivity index (χ0n) is 12.7. The summed E-state index contributed by atoms with van der Waals surface area (Å²) in [5.74, 6) is 0.128. The molecule has 116 valence electrons. The van der Waals surface area contributed by atoms with Gasteiger partial charge in [-0.25, -0.2) is 0 Å². The second kappa shape index (κ2) is 6.26. The van der Waals surface area contributed by atoms with Crippen LogP contribution in [0.15, 0.2) is 28.6 Å². The number of thioether (sulfide) groups is 1. The zero-order valence-corrected chi connectivity index (χ0v) is 14.4. The van der Waals surface area contributed by atoms with Gasteiger partial charge in [0.15, 0.2) is 4.34 Å². The number of hydrogen-bond donors (Lipinski definition) is 1. The maximum absolute atomic E-state index is 12.8. The first kappa shape index (κ1) is 15.3. The summed E-state index contributed by atoms with van der Waals surface area (Å²) in [6.07, 6.45) is 0.919. The first-order valence-corrected chi connectivity index (χ1v) is 8.88. The number of carbonyl (C=O) groups is 1. The van der Waals surface area contributed by atoms with E-state index in [-0.39, 0.29) is 17.2 Å². The minimum atomic E-state index is -0.189. The number of fused-ring (bicyclic) bond motifs is 1. The molecule has 0 fully saturated rings. The Labute approximate surface area is 138 Å². The first-order chi connectivity index (χ1) is 10.6. The van der Waals surface area contributed by atoms with Crippen LogP contribution in [0.4, 0.5) is 10.8 Å². The van der Waals surface area contributed by atoms with Crippen LogP contribution >= 0.6 is 23.1 Å². The summed E-state index contributed by atoms with van der Waals surface area (Å²) in [5.41, 5.74) is 2.29. The summed E-state index contributed by atoms with van der Waals surface area (Å²) in [6.45, 7) is 4.03. The predicted molar refractivity (Wildman–Crippen MR) is 91.9 cm³/mol. The van der Waals surface area contributed by atoms with Crippen LogP contribution in [-0.2, 0) is 11.2 Å². The number of aromatic nitrogens is 2. The zero-order chi connectivity index (χ0) is 15.7. The largest absolute Gasteiger partial charge is 0.363 e. The van der Waals surface area contributed by atoms with E-state index in [9.17, 15) is 4.79 Å². The maximum Gasteiger partial charge on any atom is 0.240 e. The number of amides is 1. The molecule has 0 saturated heterocycles. The lowest BCUT2D eigenvalue weighted by atomic mass is 10.1. The highest BCUT2D eigenvalue weighted by Crippen LogP contribution is 2.35. The van der Waals surface area contributed by atoms with Gasteiger partial charge in [0.05, 0.1) is 5.25 Å². The minimum absolute atomic E-state index is 0.128. The molecule has 1 aliphatic heterocycles. The molecule has 1 N–H and O–H groups in total. The second-order valence-electron chi connectivity index (χ2n) is 5.27.